The number of ether oxygens (including phenoxy) is 2. The van der Waals surface area contributed by atoms with Crippen LogP contribution < -0.4 is 4.90 Å². The van der Waals surface area contributed by atoms with Crippen LogP contribution in [0.3, 0.4) is 0 Å². The van der Waals surface area contributed by atoms with Crippen molar-refractivity contribution in [2.75, 3.05) is 44.5 Å². The Morgan fingerprint density at radius 1 is 1.11 bits per heavy atom. The van der Waals surface area contributed by atoms with Crippen molar-refractivity contribution in [1.29, 1.82) is 0 Å². The highest BCUT2D eigenvalue weighted by Gasteiger charge is 2.48. The van der Waals surface area contributed by atoms with Gasteiger partial charge in [-0.3, -0.25) is 9.69 Å². The lowest BCUT2D eigenvalue weighted by Crippen LogP contribution is -2.55. The second-order valence-corrected chi connectivity index (χ2v) is 10.5. The number of carboxylic acids is 1. The van der Waals surface area contributed by atoms with Crippen LogP contribution in [0, 0.1) is 11.6 Å². The van der Waals surface area contributed by atoms with Gasteiger partial charge in [-0.05, 0) is 54.1 Å². The van der Waals surface area contributed by atoms with Gasteiger partial charge in [0.25, 0.3) is 0 Å². The van der Waals surface area contributed by atoms with Crippen LogP contribution in [0.2, 0.25) is 0 Å². The Morgan fingerprint density at radius 2 is 1.87 bits per heavy atom. The maximum Gasteiger partial charge on any atom is 0.547 e. The predicted molar refractivity (Wildman–Crippen MR) is 153 cm³/mol. The highest BCUT2D eigenvalue weighted by Crippen LogP contribution is 2.35. The number of hydrogen-bond donors (Lipinski definition) is 2. The first-order valence-corrected chi connectivity index (χ1v) is 14.1. The highest BCUT2D eigenvalue weighted by molar-refractivity contribution is 5.94. The number of aliphatic carboxylic acids is 1. The van der Waals surface area contributed by atoms with E-state index in [-0.39, 0.29) is 58.0 Å². The van der Waals surface area contributed by atoms with E-state index in [4.69, 9.17) is 14.6 Å². The molecule has 0 radical (unpaired) electrons. The third kappa shape index (κ3) is 7.08. The average Bonchev–Trinajstić information content (AvgIpc) is 3.80. The lowest BCUT2D eigenvalue weighted by atomic mass is 9.85. The van der Waals surface area contributed by atoms with Gasteiger partial charge in [-0.1, -0.05) is 11.0 Å². The Labute approximate surface area is 261 Å². The fourth-order valence-electron chi connectivity index (χ4n) is 5.13. The van der Waals surface area contributed by atoms with Crippen LogP contribution in [-0.4, -0.2) is 115 Å². The summed E-state index contributed by atoms with van der Waals surface area (Å²) in [6.07, 6.45) is 2.98. The quantitative estimate of drug-likeness (QED) is 0.157. The first-order valence-electron chi connectivity index (χ1n) is 14.1. The highest BCUT2D eigenvalue weighted by atomic mass is 19.1. The number of anilines is 1. The summed E-state index contributed by atoms with van der Waals surface area (Å²) in [6, 6.07) is 8.28. The molecule has 0 unspecified atom stereocenters. The van der Waals surface area contributed by atoms with Crippen LogP contribution in [-0.2, 0) is 19.9 Å². The Balaban J connectivity index is 1.26. The molecular weight excluding hydrogens is 612 g/mol. The van der Waals surface area contributed by atoms with Crippen molar-refractivity contribution in [2.24, 2.45) is 5.10 Å². The van der Waals surface area contributed by atoms with Crippen molar-refractivity contribution < 1.29 is 42.9 Å². The van der Waals surface area contributed by atoms with Gasteiger partial charge < -0.3 is 24.6 Å². The molecule has 18 heteroatoms. The van der Waals surface area contributed by atoms with Crippen LogP contribution in [0.25, 0.3) is 5.69 Å². The summed E-state index contributed by atoms with van der Waals surface area (Å²) in [6.45, 7) is 1.19. The molecular formula is C28H30F2N9O7+. The van der Waals surface area contributed by atoms with E-state index in [1.165, 1.54) is 30.7 Å². The van der Waals surface area contributed by atoms with Crippen LogP contribution in [0.4, 0.5) is 24.1 Å². The molecule has 0 spiro atoms. The number of hydrogen-bond acceptors (Lipinski definition) is 12. The second kappa shape index (κ2) is 13.7. The number of rotatable bonds is 13. The number of amides is 2. The predicted octanol–water partition coefficient (Wildman–Crippen LogP) is 1.83. The molecule has 1 aromatic heterocycles. The number of β-amino-alcohol motifs (C(OH)–C–C–N with tert-alkyl or cyclic N) is 1. The van der Waals surface area contributed by atoms with Gasteiger partial charge in [-0.25, -0.2) is 28.1 Å². The van der Waals surface area contributed by atoms with Crippen molar-refractivity contribution in [1.82, 2.24) is 35.0 Å². The van der Waals surface area contributed by atoms with Crippen molar-refractivity contribution in [3.63, 3.8) is 0 Å². The Hall–Kier alpha value is -5.48. The van der Waals surface area contributed by atoms with E-state index in [0.717, 1.165) is 12.1 Å². The molecule has 0 bridgehead atoms. The number of urea groups is 1. The Kier molecular flexibility index (Phi) is 9.48. The zero-order chi connectivity index (χ0) is 32.8. The summed E-state index contributed by atoms with van der Waals surface area (Å²) < 4.78 is 40.3. The molecule has 46 heavy (non-hydrogen) atoms. The number of aromatic nitrogens is 4. The minimum atomic E-state index is -2.08. The van der Waals surface area contributed by atoms with Gasteiger partial charge in [0.1, 0.15) is 28.7 Å². The largest absolute Gasteiger partial charge is 0.547 e. The molecule has 5 rings (SSSR count). The molecule has 2 aliphatic rings. The maximum absolute atomic E-state index is 15.2. The molecule has 2 aliphatic heterocycles. The fraction of sp³-hybridized carbons (Fsp3) is 0.393. The smallest absolute Gasteiger partial charge is 0.481 e. The van der Waals surface area contributed by atoms with Crippen molar-refractivity contribution in [2.45, 2.75) is 31.4 Å². The van der Waals surface area contributed by atoms with E-state index in [1.807, 2.05) is 0 Å². The summed E-state index contributed by atoms with van der Waals surface area (Å²) in [7, 11) is 0. The fourth-order valence-corrected chi connectivity index (χ4v) is 5.13. The minimum absolute atomic E-state index is 0.0438. The molecule has 0 aliphatic carbocycles. The van der Waals surface area contributed by atoms with Crippen LogP contribution >= 0.6 is 0 Å². The van der Waals surface area contributed by atoms with Gasteiger partial charge in [0.05, 0.1) is 24.9 Å². The van der Waals surface area contributed by atoms with Crippen molar-refractivity contribution in [3.05, 3.63) is 66.0 Å². The second-order valence-electron chi connectivity index (χ2n) is 10.5. The van der Waals surface area contributed by atoms with Crippen LogP contribution in [0.15, 0.2) is 53.9 Å². The van der Waals surface area contributed by atoms with E-state index in [2.05, 4.69) is 27.0 Å². The zero-order valence-corrected chi connectivity index (χ0v) is 24.6. The molecule has 2 N–H and O–H groups in total. The monoisotopic (exact) mass is 642 g/mol. The Bertz CT molecular complexity index is 1580. The third-order valence-electron chi connectivity index (χ3n) is 7.55. The molecule has 2 amide bonds. The summed E-state index contributed by atoms with van der Waals surface area (Å²) in [5, 5.41) is 37.3. The van der Waals surface area contributed by atoms with Gasteiger partial charge in [0.15, 0.2) is 6.67 Å². The first kappa shape index (κ1) is 31.9. The SMILES string of the molecule is C[C@@H](N1CCN(c2ccc(-n3cnnn3)cc2)C1=O)[C@@](O)(CN1CN(COC(=O)OCCCC(=O)O)[C+]=N1)c1ccc(F)cc1F. The summed E-state index contributed by atoms with van der Waals surface area (Å²) in [5.74, 6) is -2.86. The van der Waals surface area contributed by atoms with Gasteiger partial charge in [0.2, 0.25) is 6.73 Å². The number of halogens is 2. The normalized spacial score (nSPS) is 16.4. The molecule has 3 aromatic rings. The summed E-state index contributed by atoms with van der Waals surface area (Å²) in [5.41, 5.74) is -1.06. The zero-order valence-electron chi connectivity index (χ0n) is 24.6. The molecule has 1 fully saturated rings. The molecule has 2 aromatic carbocycles. The van der Waals surface area contributed by atoms with E-state index in [1.54, 1.807) is 31.2 Å². The number of aliphatic hydroxyl groups is 1. The molecule has 16 nitrogen and oxygen atoms in total. The summed E-state index contributed by atoms with van der Waals surface area (Å²) >= 11 is 0. The molecule has 2 atom stereocenters. The minimum Gasteiger partial charge on any atom is -0.481 e. The lowest BCUT2D eigenvalue weighted by molar-refractivity contribution is -0.137. The molecule has 242 valence electrons. The van der Waals surface area contributed by atoms with E-state index in [9.17, 15) is 23.9 Å². The summed E-state index contributed by atoms with van der Waals surface area (Å²) in [4.78, 5) is 40.3. The van der Waals surface area contributed by atoms with Gasteiger partial charge in [0, 0.05) is 36.8 Å². The van der Waals surface area contributed by atoms with Gasteiger partial charge >= 0.3 is 24.5 Å². The number of carboxylic acid groups (broad SMARTS) is 1. The topological polar surface area (TPSA) is 179 Å². The molecule has 3 heterocycles. The van der Waals surface area contributed by atoms with Crippen molar-refractivity contribution >= 4 is 30.2 Å². The molecule has 0 saturated carbocycles. The maximum atomic E-state index is 15.2. The van der Waals surface area contributed by atoms with Crippen LogP contribution in [0.5, 0.6) is 0 Å². The standard InChI is InChI=1S/C28H29F2N9O7/c1-19(37-10-11-38(26(37)42)21-5-7-22(8-6-21)39-15-31-33-34-39)28(44,23-9-4-20(29)13-24(23)30)14-36-17-35(16-32-36)18-46-27(43)45-12-2-3-25(40)41/h4-9,13,15,19,44H,2-3,10-12,14,17-18H2,1H3/p+1/t19-,28+/m1/s1. The number of hydrazone groups is 1. The third-order valence-corrected chi connectivity index (χ3v) is 7.55. The number of benzene rings is 2. The van der Waals surface area contributed by atoms with Gasteiger partial charge in [-0.15, -0.1) is 5.10 Å². The lowest BCUT2D eigenvalue weighted by Gasteiger charge is -2.40. The number of tetrazole rings is 1. The number of carbonyl (C=O) groups excluding carboxylic acids is 2. The van der Waals surface area contributed by atoms with Crippen LogP contribution in [0.1, 0.15) is 25.3 Å². The van der Waals surface area contributed by atoms with E-state index >= 15 is 4.39 Å². The average molecular weight is 643 g/mol. The first-order chi connectivity index (χ1) is 22.0. The van der Waals surface area contributed by atoms with E-state index < -0.39 is 41.4 Å². The van der Waals surface area contributed by atoms with Crippen molar-refractivity contribution in [3.8, 4) is 5.69 Å². The molecule has 1 saturated heterocycles. The number of nitrogens with zero attached hydrogens (tertiary/aromatic N) is 9. The van der Waals surface area contributed by atoms with E-state index in [0.29, 0.717) is 17.4 Å². The Morgan fingerprint density at radius 3 is 2.57 bits per heavy atom. The number of carbonyl (C=O) groups is 3. The van der Waals surface area contributed by atoms with Gasteiger partial charge in [-0.2, -0.15) is 0 Å².